The van der Waals surface area contributed by atoms with Gasteiger partial charge in [-0.3, -0.25) is 4.79 Å². The average Bonchev–Trinajstić information content (AvgIpc) is 2.49. The minimum absolute atomic E-state index is 0.0518. The maximum Gasteiger partial charge on any atom is 0.387 e. The zero-order valence-corrected chi connectivity index (χ0v) is 14.9. The lowest BCUT2D eigenvalue weighted by molar-refractivity contribution is -0.0499. The van der Waals surface area contributed by atoms with Gasteiger partial charge in [0.15, 0.2) is 0 Å². The Morgan fingerprint density at radius 2 is 2.00 bits per heavy atom. The zero-order valence-electron chi connectivity index (χ0n) is 12.0. The van der Waals surface area contributed by atoms with Crippen LogP contribution >= 0.6 is 34.2 Å². The van der Waals surface area contributed by atoms with Crippen LogP contribution in [0.1, 0.15) is 28.9 Å². The number of alkyl halides is 2. The molecule has 7 heteroatoms. The van der Waals surface area contributed by atoms with Crippen LogP contribution in [-0.2, 0) is 0 Å². The minimum atomic E-state index is -2.89. The van der Waals surface area contributed by atoms with Crippen LogP contribution in [0.15, 0.2) is 42.5 Å². The molecule has 23 heavy (non-hydrogen) atoms. The molecule has 0 heterocycles. The van der Waals surface area contributed by atoms with Crippen LogP contribution in [0, 0.1) is 3.57 Å². The number of rotatable bonds is 5. The quantitative estimate of drug-likeness (QED) is 0.647. The average molecular weight is 452 g/mol. The molecule has 0 aliphatic heterocycles. The van der Waals surface area contributed by atoms with Gasteiger partial charge in [0.25, 0.3) is 5.91 Å². The second-order valence-electron chi connectivity index (χ2n) is 4.77. The molecule has 0 spiro atoms. The highest BCUT2D eigenvalue weighted by Crippen LogP contribution is 2.22. The molecule has 0 saturated carbocycles. The van der Waals surface area contributed by atoms with Gasteiger partial charge in [0.05, 0.1) is 11.6 Å². The van der Waals surface area contributed by atoms with Gasteiger partial charge in [0.1, 0.15) is 5.75 Å². The van der Waals surface area contributed by atoms with Gasteiger partial charge < -0.3 is 10.1 Å². The molecule has 2 aromatic rings. The first kappa shape index (κ1) is 17.9. The van der Waals surface area contributed by atoms with Crippen molar-refractivity contribution in [2.75, 3.05) is 0 Å². The Labute approximate surface area is 151 Å². The first-order chi connectivity index (χ1) is 10.9. The summed E-state index contributed by atoms with van der Waals surface area (Å²) in [7, 11) is 0. The molecule has 0 aliphatic rings. The second-order valence-corrected chi connectivity index (χ2v) is 6.37. The molecule has 0 radical (unpaired) electrons. The van der Waals surface area contributed by atoms with Crippen LogP contribution in [0.5, 0.6) is 5.75 Å². The molecule has 0 aliphatic carbocycles. The lowest BCUT2D eigenvalue weighted by Crippen LogP contribution is -2.27. The van der Waals surface area contributed by atoms with Crippen molar-refractivity contribution in [3.05, 3.63) is 62.2 Å². The Bertz CT molecular complexity index is 712. The highest BCUT2D eigenvalue weighted by atomic mass is 127. The van der Waals surface area contributed by atoms with Crippen LogP contribution in [0.4, 0.5) is 8.78 Å². The Kier molecular flexibility index (Phi) is 6.17. The highest BCUT2D eigenvalue weighted by Gasteiger charge is 2.15. The van der Waals surface area contributed by atoms with Crippen molar-refractivity contribution in [3.8, 4) is 5.75 Å². The number of nitrogens with one attached hydrogen (secondary N) is 1. The van der Waals surface area contributed by atoms with Crippen molar-refractivity contribution in [1.29, 1.82) is 0 Å². The van der Waals surface area contributed by atoms with Gasteiger partial charge in [-0.15, -0.1) is 0 Å². The van der Waals surface area contributed by atoms with Gasteiger partial charge >= 0.3 is 6.61 Å². The number of halogens is 4. The molecule has 0 bridgehead atoms. The summed E-state index contributed by atoms with van der Waals surface area (Å²) in [5.74, 6) is -0.236. The monoisotopic (exact) mass is 451 g/mol. The second kappa shape index (κ2) is 7.92. The predicted octanol–water partition coefficient (Wildman–Crippen LogP) is 5.04. The molecule has 3 nitrogen and oxygen atoms in total. The van der Waals surface area contributed by atoms with E-state index in [1.54, 1.807) is 37.3 Å². The van der Waals surface area contributed by atoms with E-state index in [0.717, 1.165) is 3.57 Å². The molecule has 1 amide bonds. The molecule has 1 unspecified atom stereocenters. The number of carbonyl (C=O) groups is 1. The summed E-state index contributed by atoms with van der Waals surface area (Å²) in [4.78, 5) is 12.3. The van der Waals surface area contributed by atoms with Crippen molar-refractivity contribution in [2.45, 2.75) is 19.6 Å². The van der Waals surface area contributed by atoms with Crippen molar-refractivity contribution >= 4 is 40.1 Å². The fourth-order valence-corrected chi connectivity index (χ4v) is 2.74. The smallest absolute Gasteiger partial charge is 0.387 e. The summed E-state index contributed by atoms with van der Waals surface area (Å²) in [5, 5.41) is 3.28. The van der Waals surface area contributed by atoms with E-state index in [2.05, 4.69) is 10.1 Å². The molecular formula is C16H13ClF2INO2. The number of carbonyl (C=O) groups excluding carboxylic acids is 1. The summed E-state index contributed by atoms with van der Waals surface area (Å²) in [6.45, 7) is -1.13. The normalized spacial score (nSPS) is 12.1. The summed E-state index contributed by atoms with van der Waals surface area (Å²) < 4.78 is 29.7. The van der Waals surface area contributed by atoms with Crippen molar-refractivity contribution in [2.24, 2.45) is 0 Å². The number of hydrogen-bond donors (Lipinski definition) is 1. The van der Waals surface area contributed by atoms with Crippen LogP contribution < -0.4 is 10.1 Å². The standard InChI is InChI=1S/C16H13ClF2INO2/c1-9(10-3-2-4-12(7-10)23-16(18)19)21-15(22)13-8-11(17)5-6-14(13)20/h2-9,16H,1H3,(H,21,22). The van der Waals surface area contributed by atoms with Gasteiger partial charge in [0.2, 0.25) is 0 Å². The zero-order chi connectivity index (χ0) is 17.0. The number of amides is 1. The van der Waals surface area contributed by atoms with Gasteiger partial charge in [0, 0.05) is 8.59 Å². The molecule has 1 N–H and O–H groups in total. The summed E-state index contributed by atoms with van der Waals surface area (Å²) >= 11 is 7.96. The van der Waals surface area contributed by atoms with E-state index in [4.69, 9.17) is 11.6 Å². The summed E-state index contributed by atoms with van der Waals surface area (Å²) in [6.07, 6.45) is 0. The third-order valence-corrected chi connectivity index (χ3v) is 4.28. The Morgan fingerprint density at radius 1 is 1.26 bits per heavy atom. The molecule has 122 valence electrons. The highest BCUT2D eigenvalue weighted by molar-refractivity contribution is 14.1. The van der Waals surface area contributed by atoms with Crippen molar-refractivity contribution in [3.63, 3.8) is 0 Å². The Hall–Kier alpha value is -1.41. The van der Waals surface area contributed by atoms with E-state index in [0.29, 0.717) is 16.1 Å². The molecule has 0 saturated heterocycles. The van der Waals surface area contributed by atoms with E-state index < -0.39 is 6.61 Å². The molecule has 2 aromatic carbocycles. The van der Waals surface area contributed by atoms with Crippen LogP contribution in [0.3, 0.4) is 0 Å². The van der Waals surface area contributed by atoms with E-state index in [1.807, 2.05) is 22.6 Å². The Morgan fingerprint density at radius 3 is 2.70 bits per heavy atom. The van der Waals surface area contributed by atoms with Gasteiger partial charge in [-0.1, -0.05) is 23.7 Å². The molecular weight excluding hydrogens is 439 g/mol. The fourth-order valence-electron chi connectivity index (χ4n) is 1.99. The summed E-state index contributed by atoms with van der Waals surface area (Å²) in [5.41, 5.74) is 1.12. The van der Waals surface area contributed by atoms with Gasteiger partial charge in [-0.05, 0) is 65.4 Å². The first-order valence-electron chi connectivity index (χ1n) is 6.67. The van der Waals surface area contributed by atoms with E-state index in [9.17, 15) is 13.6 Å². The fraction of sp³-hybridized carbons (Fsp3) is 0.188. The third-order valence-electron chi connectivity index (χ3n) is 3.10. The number of hydrogen-bond acceptors (Lipinski definition) is 2. The lowest BCUT2D eigenvalue weighted by atomic mass is 10.1. The minimum Gasteiger partial charge on any atom is -0.435 e. The molecule has 0 fully saturated rings. The summed E-state index contributed by atoms with van der Waals surface area (Å²) in [6, 6.07) is 10.9. The van der Waals surface area contributed by atoms with Gasteiger partial charge in [-0.25, -0.2) is 0 Å². The van der Waals surface area contributed by atoms with Crippen LogP contribution in [0.25, 0.3) is 0 Å². The van der Waals surface area contributed by atoms with Crippen molar-refractivity contribution < 1.29 is 18.3 Å². The largest absolute Gasteiger partial charge is 0.435 e. The van der Waals surface area contributed by atoms with Crippen LogP contribution in [0.2, 0.25) is 5.02 Å². The maximum atomic E-state index is 12.3. The predicted molar refractivity (Wildman–Crippen MR) is 93.1 cm³/mol. The molecule has 1 atom stereocenters. The van der Waals surface area contributed by atoms with E-state index >= 15 is 0 Å². The van der Waals surface area contributed by atoms with E-state index in [1.165, 1.54) is 12.1 Å². The number of ether oxygens (including phenoxy) is 1. The number of benzene rings is 2. The van der Waals surface area contributed by atoms with E-state index in [-0.39, 0.29) is 17.7 Å². The lowest BCUT2D eigenvalue weighted by Gasteiger charge is -2.16. The first-order valence-corrected chi connectivity index (χ1v) is 8.13. The molecule has 0 aromatic heterocycles. The Balaban J connectivity index is 2.13. The topological polar surface area (TPSA) is 38.3 Å². The van der Waals surface area contributed by atoms with Crippen LogP contribution in [-0.4, -0.2) is 12.5 Å². The maximum absolute atomic E-state index is 12.3. The van der Waals surface area contributed by atoms with Crippen molar-refractivity contribution in [1.82, 2.24) is 5.32 Å². The third kappa shape index (κ3) is 5.04. The SMILES string of the molecule is CC(NC(=O)c1cc(Cl)ccc1I)c1cccc(OC(F)F)c1. The molecule has 2 rings (SSSR count). The van der Waals surface area contributed by atoms with Gasteiger partial charge in [-0.2, -0.15) is 8.78 Å².